The lowest BCUT2D eigenvalue weighted by molar-refractivity contribution is 0.352. The molecule has 3 rings (SSSR count). The van der Waals surface area contributed by atoms with E-state index in [-0.39, 0.29) is 6.04 Å². The third-order valence-electron chi connectivity index (χ3n) is 3.87. The number of rotatable bonds is 2. The smallest absolute Gasteiger partial charge is 0.127 e. The molecule has 1 unspecified atom stereocenters. The minimum Gasteiger partial charge on any atom is -0.493 e. The summed E-state index contributed by atoms with van der Waals surface area (Å²) in [5, 5.41) is 0.726. The molecule has 1 aliphatic rings. The molecule has 1 atom stereocenters. The van der Waals surface area contributed by atoms with Crippen molar-refractivity contribution in [2.24, 2.45) is 5.73 Å². The number of hydrogen-bond acceptors (Lipinski definition) is 2. The Morgan fingerprint density at radius 2 is 1.95 bits per heavy atom. The molecule has 2 aromatic rings. The van der Waals surface area contributed by atoms with Gasteiger partial charge in [-0.25, -0.2) is 0 Å². The number of hydrogen-bond donors (Lipinski definition) is 1. The summed E-state index contributed by atoms with van der Waals surface area (Å²) in [7, 11) is 0. The molecular formula is C17H18ClNO. The van der Waals surface area contributed by atoms with E-state index >= 15 is 0 Å². The van der Waals surface area contributed by atoms with Crippen molar-refractivity contribution in [3.63, 3.8) is 0 Å². The fraction of sp³-hybridized carbons (Fsp3) is 0.294. The fourth-order valence-electron chi connectivity index (χ4n) is 2.87. The maximum atomic E-state index is 6.47. The number of fused-ring (bicyclic) bond motifs is 1. The van der Waals surface area contributed by atoms with Crippen LogP contribution in [0.25, 0.3) is 0 Å². The first kappa shape index (κ1) is 13.5. The Bertz CT molecular complexity index is 666. The van der Waals surface area contributed by atoms with Gasteiger partial charge < -0.3 is 10.5 Å². The zero-order chi connectivity index (χ0) is 14.3. The number of aryl methyl sites for hydroxylation is 2. The zero-order valence-electron chi connectivity index (χ0n) is 11.7. The molecule has 0 amide bonds. The molecular weight excluding hydrogens is 270 g/mol. The van der Waals surface area contributed by atoms with E-state index in [1.165, 1.54) is 11.1 Å². The predicted octanol–water partition coefficient (Wildman–Crippen LogP) is 3.94. The lowest BCUT2D eigenvalue weighted by atomic mass is 9.93. The van der Waals surface area contributed by atoms with E-state index in [9.17, 15) is 0 Å². The van der Waals surface area contributed by atoms with E-state index < -0.39 is 0 Å². The van der Waals surface area contributed by atoms with Crippen LogP contribution in [0, 0.1) is 13.8 Å². The molecule has 0 saturated heterocycles. The van der Waals surface area contributed by atoms with E-state index in [0.29, 0.717) is 6.61 Å². The summed E-state index contributed by atoms with van der Waals surface area (Å²) in [6, 6.07) is 10.0. The van der Waals surface area contributed by atoms with Crippen molar-refractivity contribution in [3.05, 3.63) is 63.2 Å². The van der Waals surface area contributed by atoms with Gasteiger partial charge in [0.2, 0.25) is 0 Å². The van der Waals surface area contributed by atoms with Crippen molar-refractivity contribution in [3.8, 4) is 5.75 Å². The van der Waals surface area contributed by atoms with Gasteiger partial charge in [-0.15, -0.1) is 0 Å². The van der Waals surface area contributed by atoms with Crippen LogP contribution in [-0.2, 0) is 6.42 Å². The molecule has 0 saturated carbocycles. The molecule has 1 aliphatic heterocycles. The number of benzene rings is 2. The van der Waals surface area contributed by atoms with E-state index in [4.69, 9.17) is 22.1 Å². The van der Waals surface area contributed by atoms with Crippen LogP contribution in [0.5, 0.6) is 5.75 Å². The van der Waals surface area contributed by atoms with Gasteiger partial charge in [-0.3, -0.25) is 0 Å². The molecule has 20 heavy (non-hydrogen) atoms. The zero-order valence-corrected chi connectivity index (χ0v) is 12.5. The number of ether oxygens (including phenoxy) is 1. The topological polar surface area (TPSA) is 35.2 Å². The van der Waals surface area contributed by atoms with E-state index in [1.807, 2.05) is 12.1 Å². The highest BCUT2D eigenvalue weighted by molar-refractivity contribution is 6.30. The number of halogens is 1. The Hall–Kier alpha value is -1.51. The third-order valence-corrected chi connectivity index (χ3v) is 4.09. The average Bonchev–Trinajstić information content (AvgIpc) is 2.85. The van der Waals surface area contributed by atoms with Crippen LogP contribution in [0.4, 0.5) is 0 Å². The first-order valence-electron chi connectivity index (χ1n) is 6.84. The predicted molar refractivity (Wildman–Crippen MR) is 82.6 cm³/mol. The summed E-state index contributed by atoms with van der Waals surface area (Å²) < 4.78 is 5.75. The SMILES string of the molecule is Cc1ccc(C(N)c2cc(Cl)cc3c2OCC3)c(C)c1. The molecule has 104 valence electrons. The quantitative estimate of drug-likeness (QED) is 0.908. The van der Waals surface area contributed by atoms with E-state index in [1.54, 1.807) is 0 Å². The van der Waals surface area contributed by atoms with Crippen molar-refractivity contribution in [2.45, 2.75) is 26.3 Å². The Kier molecular flexibility index (Phi) is 3.45. The highest BCUT2D eigenvalue weighted by Crippen LogP contribution is 2.38. The van der Waals surface area contributed by atoms with Crippen molar-refractivity contribution in [2.75, 3.05) is 6.61 Å². The van der Waals surface area contributed by atoms with Gasteiger partial charge in [-0.05, 0) is 42.7 Å². The van der Waals surface area contributed by atoms with Crippen LogP contribution in [0.3, 0.4) is 0 Å². The van der Waals surface area contributed by atoms with Crippen LogP contribution in [-0.4, -0.2) is 6.61 Å². The van der Waals surface area contributed by atoms with Crippen LogP contribution in [0.2, 0.25) is 5.02 Å². The lowest BCUT2D eigenvalue weighted by Crippen LogP contribution is -2.14. The van der Waals surface area contributed by atoms with Gasteiger partial charge in [0.1, 0.15) is 5.75 Å². The maximum absolute atomic E-state index is 6.47. The van der Waals surface area contributed by atoms with Gasteiger partial charge in [0.25, 0.3) is 0 Å². The normalized spacial score (nSPS) is 14.8. The number of nitrogens with two attached hydrogens (primary N) is 1. The molecule has 2 aromatic carbocycles. The Labute approximate surface area is 124 Å². The van der Waals surface area contributed by atoms with Crippen LogP contribution >= 0.6 is 11.6 Å². The van der Waals surface area contributed by atoms with E-state index in [2.05, 4.69) is 32.0 Å². The van der Waals surface area contributed by atoms with Gasteiger partial charge in [0.05, 0.1) is 12.6 Å². The molecule has 0 bridgehead atoms. The second-order valence-electron chi connectivity index (χ2n) is 5.42. The first-order valence-corrected chi connectivity index (χ1v) is 7.22. The molecule has 0 aliphatic carbocycles. The van der Waals surface area contributed by atoms with Crippen molar-refractivity contribution in [1.29, 1.82) is 0 Å². The molecule has 2 N–H and O–H groups in total. The van der Waals surface area contributed by atoms with Gasteiger partial charge in [-0.2, -0.15) is 0 Å². The van der Waals surface area contributed by atoms with E-state index in [0.717, 1.165) is 33.9 Å². The van der Waals surface area contributed by atoms with Gasteiger partial charge in [-0.1, -0.05) is 35.4 Å². The summed E-state index contributed by atoms with van der Waals surface area (Å²) in [5.41, 5.74) is 12.2. The van der Waals surface area contributed by atoms with Crippen molar-refractivity contribution >= 4 is 11.6 Å². The third kappa shape index (κ3) is 2.30. The van der Waals surface area contributed by atoms with Gasteiger partial charge in [0.15, 0.2) is 0 Å². The minimum absolute atomic E-state index is 0.207. The minimum atomic E-state index is -0.207. The summed E-state index contributed by atoms with van der Waals surface area (Å²) in [6.07, 6.45) is 0.905. The first-order chi connectivity index (χ1) is 9.56. The largest absolute Gasteiger partial charge is 0.493 e. The van der Waals surface area contributed by atoms with Gasteiger partial charge in [0, 0.05) is 17.0 Å². The molecule has 0 radical (unpaired) electrons. The Balaban J connectivity index is 2.09. The van der Waals surface area contributed by atoms with Crippen molar-refractivity contribution < 1.29 is 4.74 Å². The molecule has 2 nitrogen and oxygen atoms in total. The Morgan fingerprint density at radius 3 is 2.70 bits per heavy atom. The lowest BCUT2D eigenvalue weighted by Gasteiger charge is -2.19. The molecule has 1 heterocycles. The van der Waals surface area contributed by atoms with Gasteiger partial charge >= 0.3 is 0 Å². The van der Waals surface area contributed by atoms with Crippen LogP contribution < -0.4 is 10.5 Å². The second kappa shape index (κ2) is 5.12. The standard InChI is InChI=1S/C17H18ClNO/c1-10-3-4-14(11(2)7-10)16(19)15-9-13(18)8-12-5-6-20-17(12)15/h3-4,7-9,16H,5-6,19H2,1-2H3. The van der Waals surface area contributed by atoms with Crippen LogP contribution in [0.15, 0.2) is 30.3 Å². The highest BCUT2D eigenvalue weighted by Gasteiger charge is 2.23. The summed E-state index contributed by atoms with van der Waals surface area (Å²) in [6.45, 7) is 4.89. The fourth-order valence-corrected chi connectivity index (χ4v) is 3.12. The monoisotopic (exact) mass is 287 g/mol. The Morgan fingerprint density at radius 1 is 1.15 bits per heavy atom. The summed E-state index contributed by atoms with van der Waals surface area (Å²) >= 11 is 6.21. The maximum Gasteiger partial charge on any atom is 0.127 e. The molecule has 3 heteroatoms. The van der Waals surface area contributed by atoms with Crippen molar-refractivity contribution in [1.82, 2.24) is 0 Å². The summed E-state index contributed by atoms with van der Waals surface area (Å²) in [5.74, 6) is 0.918. The average molecular weight is 288 g/mol. The molecule has 0 fully saturated rings. The highest BCUT2D eigenvalue weighted by atomic mass is 35.5. The van der Waals surface area contributed by atoms with Crippen LogP contribution in [0.1, 0.15) is 33.9 Å². The summed E-state index contributed by atoms with van der Waals surface area (Å²) in [4.78, 5) is 0. The second-order valence-corrected chi connectivity index (χ2v) is 5.86. The molecule has 0 aromatic heterocycles. The molecule has 0 spiro atoms.